The predicted molar refractivity (Wildman–Crippen MR) is 105 cm³/mol. The van der Waals surface area contributed by atoms with Gasteiger partial charge in [0.25, 0.3) is 5.56 Å². The van der Waals surface area contributed by atoms with Gasteiger partial charge in [-0.3, -0.25) is 14.2 Å². The molecule has 0 unspecified atom stereocenters. The van der Waals surface area contributed by atoms with Gasteiger partial charge in [0.1, 0.15) is 11.3 Å². The van der Waals surface area contributed by atoms with Gasteiger partial charge in [-0.05, 0) is 31.7 Å². The van der Waals surface area contributed by atoms with E-state index in [0.717, 1.165) is 25.7 Å². The monoisotopic (exact) mass is 386 g/mol. The van der Waals surface area contributed by atoms with Crippen LogP contribution in [0.2, 0.25) is 0 Å². The summed E-state index contributed by atoms with van der Waals surface area (Å²) in [6, 6.07) is 1.40. The van der Waals surface area contributed by atoms with Gasteiger partial charge in [0.05, 0.1) is 24.1 Å². The second kappa shape index (κ2) is 7.60. The summed E-state index contributed by atoms with van der Waals surface area (Å²) in [4.78, 5) is 34.3. The lowest BCUT2D eigenvalue weighted by molar-refractivity contribution is -0.0136. The van der Waals surface area contributed by atoms with E-state index in [0.29, 0.717) is 35.3 Å². The molecule has 2 N–H and O–H groups in total. The lowest BCUT2D eigenvalue weighted by Crippen LogP contribution is -2.42. The van der Waals surface area contributed by atoms with E-state index in [1.54, 1.807) is 10.6 Å². The SMILES string of the molecule is CC(=O)c1nc(N[C@@H]2CCOC[C@H]2O)nc2c1c(C)cc(=O)n2C1CCCC1. The zero-order valence-electron chi connectivity index (χ0n) is 16.3. The van der Waals surface area contributed by atoms with Crippen molar-refractivity contribution in [3.63, 3.8) is 0 Å². The molecule has 1 aliphatic carbocycles. The number of nitrogens with zero attached hydrogens (tertiary/aromatic N) is 3. The normalized spacial score (nSPS) is 23.2. The maximum Gasteiger partial charge on any atom is 0.252 e. The number of anilines is 1. The fraction of sp³-hybridized carbons (Fsp3) is 0.600. The molecular weight excluding hydrogens is 360 g/mol. The maximum absolute atomic E-state index is 12.8. The first-order valence-electron chi connectivity index (χ1n) is 9.93. The van der Waals surface area contributed by atoms with Crippen molar-refractivity contribution < 1.29 is 14.6 Å². The minimum absolute atomic E-state index is 0.0897. The van der Waals surface area contributed by atoms with Crippen molar-refractivity contribution in [2.24, 2.45) is 0 Å². The fourth-order valence-electron chi connectivity index (χ4n) is 4.31. The van der Waals surface area contributed by atoms with E-state index in [-0.39, 0.29) is 36.0 Å². The van der Waals surface area contributed by atoms with Gasteiger partial charge in [-0.1, -0.05) is 12.8 Å². The highest BCUT2D eigenvalue weighted by Crippen LogP contribution is 2.32. The van der Waals surface area contributed by atoms with Crippen molar-refractivity contribution >= 4 is 22.8 Å². The summed E-state index contributed by atoms with van der Waals surface area (Å²) < 4.78 is 7.00. The molecule has 28 heavy (non-hydrogen) atoms. The number of rotatable bonds is 4. The average Bonchev–Trinajstić information content (AvgIpc) is 3.17. The number of fused-ring (bicyclic) bond motifs is 1. The zero-order valence-corrected chi connectivity index (χ0v) is 16.3. The van der Waals surface area contributed by atoms with Crippen LogP contribution < -0.4 is 10.9 Å². The van der Waals surface area contributed by atoms with E-state index < -0.39 is 6.10 Å². The Balaban J connectivity index is 1.89. The molecule has 2 fully saturated rings. The minimum Gasteiger partial charge on any atom is -0.389 e. The number of aromatic nitrogens is 3. The Hall–Kier alpha value is -2.32. The van der Waals surface area contributed by atoms with E-state index in [1.807, 2.05) is 6.92 Å². The molecule has 0 spiro atoms. The Bertz CT molecular complexity index is 965. The highest BCUT2D eigenvalue weighted by molar-refractivity contribution is 6.05. The van der Waals surface area contributed by atoms with E-state index >= 15 is 0 Å². The predicted octanol–water partition coefficient (Wildman–Crippen LogP) is 1.98. The number of carbonyl (C=O) groups is 1. The van der Waals surface area contributed by atoms with E-state index in [9.17, 15) is 14.7 Å². The van der Waals surface area contributed by atoms with Crippen LogP contribution in [0, 0.1) is 6.92 Å². The Morgan fingerprint density at radius 2 is 2.04 bits per heavy atom. The molecule has 2 aromatic heterocycles. The van der Waals surface area contributed by atoms with Gasteiger partial charge in [0.2, 0.25) is 5.95 Å². The molecule has 1 saturated carbocycles. The van der Waals surface area contributed by atoms with Crippen molar-refractivity contribution in [1.29, 1.82) is 0 Å². The number of hydrogen-bond donors (Lipinski definition) is 2. The smallest absolute Gasteiger partial charge is 0.252 e. The maximum atomic E-state index is 12.8. The summed E-state index contributed by atoms with van der Waals surface area (Å²) in [6.07, 6.45) is 3.95. The zero-order chi connectivity index (χ0) is 19.8. The number of ketones is 1. The first-order valence-corrected chi connectivity index (χ1v) is 9.93. The molecule has 3 heterocycles. The van der Waals surface area contributed by atoms with Gasteiger partial charge >= 0.3 is 0 Å². The number of Topliss-reactive ketones (excluding diaryl/α,β-unsaturated/α-hetero) is 1. The molecule has 1 saturated heterocycles. The number of pyridine rings is 1. The van der Waals surface area contributed by atoms with Gasteiger partial charge in [-0.25, -0.2) is 4.98 Å². The Morgan fingerprint density at radius 3 is 2.71 bits per heavy atom. The summed E-state index contributed by atoms with van der Waals surface area (Å²) in [5, 5.41) is 14.0. The summed E-state index contributed by atoms with van der Waals surface area (Å²) in [5.41, 5.74) is 1.42. The summed E-state index contributed by atoms with van der Waals surface area (Å²) >= 11 is 0. The second-order valence-corrected chi connectivity index (χ2v) is 7.81. The molecule has 150 valence electrons. The highest BCUT2D eigenvalue weighted by Gasteiger charge is 2.27. The third-order valence-electron chi connectivity index (χ3n) is 5.75. The molecule has 0 bridgehead atoms. The van der Waals surface area contributed by atoms with Crippen molar-refractivity contribution in [2.45, 2.75) is 64.1 Å². The van der Waals surface area contributed by atoms with Crippen molar-refractivity contribution in [3.05, 3.63) is 27.7 Å². The third-order valence-corrected chi connectivity index (χ3v) is 5.75. The number of aliphatic hydroxyl groups is 1. The van der Waals surface area contributed by atoms with Crippen LogP contribution in [0.25, 0.3) is 11.0 Å². The molecule has 2 aromatic rings. The Kier molecular flexibility index (Phi) is 5.16. The molecule has 0 radical (unpaired) electrons. The van der Waals surface area contributed by atoms with Crippen LogP contribution >= 0.6 is 0 Å². The summed E-state index contributed by atoms with van der Waals surface area (Å²) in [7, 11) is 0. The standard InChI is InChI=1S/C20H26N4O4/c1-11-9-16(27)24(13-5-3-4-6-13)19-17(11)18(12(2)25)22-20(23-19)21-14-7-8-28-10-15(14)26/h9,13-15,26H,3-8,10H2,1-2H3,(H,21,22,23)/t14-,15-/m1/s1. The summed E-state index contributed by atoms with van der Waals surface area (Å²) in [6.45, 7) is 4.07. The number of hydrogen-bond acceptors (Lipinski definition) is 7. The minimum atomic E-state index is -0.677. The van der Waals surface area contributed by atoms with E-state index in [1.165, 1.54) is 6.92 Å². The number of nitrogens with one attached hydrogen (secondary N) is 1. The molecule has 2 aliphatic rings. The molecule has 0 amide bonds. The van der Waals surface area contributed by atoms with Crippen molar-refractivity contribution in [3.8, 4) is 0 Å². The molecule has 0 aromatic carbocycles. The van der Waals surface area contributed by atoms with Crippen LogP contribution in [-0.2, 0) is 4.74 Å². The number of aliphatic hydroxyl groups excluding tert-OH is 1. The second-order valence-electron chi connectivity index (χ2n) is 7.81. The quantitative estimate of drug-likeness (QED) is 0.774. The molecule has 1 aliphatic heterocycles. The number of aryl methyl sites for hydroxylation is 1. The highest BCUT2D eigenvalue weighted by atomic mass is 16.5. The average molecular weight is 386 g/mol. The van der Waals surface area contributed by atoms with Crippen LogP contribution in [0.5, 0.6) is 0 Å². The third kappa shape index (κ3) is 3.42. The largest absolute Gasteiger partial charge is 0.389 e. The van der Waals surface area contributed by atoms with Crippen molar-refractivity contribution in [1.82, 2.24) is 14.5 Å². The topological polar surface area (TPSA) is 106 Å². The molecule has 4 rings (SSSR count). The van der Waals surface area contributed by atoms with Crippen LogP contribution in [0.3, 0.4) is 0 Å². The van der Waals surface area contributed by atoms with Crippen molar-refractivity contribution in [2.75, 3.05) is 18.5 Å². The van der Waals surface area contributed by atoms with Gasteiger partial charge in [0, 0.05) is 25.6 Å². The fourth-order valence-corrected chi connectivity index (χ4v) is 4.31. The van der Waals surface area contributed by atoms with Gasteiger partial charge in [-0.2, -0.15) is 4.98 Å². The van der Waals surface area contributed by atoms with Crippen LogP contribution in [0.15, 0.2) is 10.9 Å². The van der Waals surface area contributed by atoms with Crippen LogP contribution in [0.1, 0.15) is 61.1 Å². The number of ether oxygens (including phenoxy) is 1. The molecule has 2 atom stereocenters. The first kappa shape index (κ1) is 19.0. The summed E-state index contributed by atoms with van der Waals surface area (Å²) in [5.74, 6) is 0.0862. The van der Waals surface area contributed by atoms with Gasteiger partial charge in [-0.15, -0.1) is 0 Å². The Labute approximate surface area is 162 Å². The van der Waals surface area contributed by atoms with Crippen LogP contribution in [0.4, 0.5) is 5.95 Å². The number of carbonyl (C=O) groups excluding carboxylic acids is 1. The molecule has 8 heteroatoms. The first-order chi connectivity index (χ1) is 13.5. The Morgan fingerprint density at radius 1 is 1.29 bits per heavy atom. The van der Waals surface area contributed by atoms with Gasteiger partial charge < -0.3 is 15.2 Å². The lowest BCUT2D eigenvalue weighted by atomic mass is 10.1. The molecule has 8 nitrogen and oxygen atoms in total. The van der Waals surface area contributed by atoms with Gasteiger partial charge in [0.15, 0.2) is 5.78 Å². The molecular formula is C20H26N4O4. The van der Waals surface area contributed by atoms with Crippen LogP contribution in [-0.4, -0.2) is 50.8 Å². The van der Waals surface area contributed by atoms with E-state index in [2.05, 4.69) is 15.3 Å². The lowest BCUT2D eigenvalue weighted by Gasteiger charge is -2.28. The van der Waals surface area contributed by atoms with E-state index in [4.69, 9.17) is 4.74 Å².